The van der Waals surface area contributed by atoms with Gasteiger partial charge in [-0.2, -0.15) is 0 Å². The Labute approximate surface area is 140 Å². The fourth-order valence-electron chi connectivity index (χ4n) is 1.87. The number of rotatable bonds is 5. The van der Waals surface area contributed by atoms with Gasteiger partial charge in [0.25, 0.3) is 11.8 Å². The van der Waals surface area contributed by atoms with Crippen molar-refractivity contribution in [3.63, 3.8) is 0 Å². The average Bonchev–Trinajstić information content (AvgIpc) is 2.97. The molecule has 0 saturated carbocycles. The summed E-state index contributed by atoms with van der Waals surface area (Å²) in [6.07, 6.45) is 0. The van der Waals surface area contributed by atoms with Crippen molar-refractivity contribution in [3.8, 4) is 0 Å². The molecule has 1 heterocycles. The number of imide groups is 1. The number of halogens is 1. The largest absolute Gasteiger partial charge is 0.454 e. The van der Waals surface area contributed by atoms with Gasteiger partial charge in [0, 0.05) is 17.6 Å². The first-order chi connectivity index (χ1) is 11.0. The SMILES string of the molecule is O=C(CNC(=O)c1ccccc1Br)OCC(=O)N1CCNC1=O. The van der Waals surface area contributed by atoms with Crippen LogP contribution >= 0.6 is 15.9 Å². The van der Waals surface area contributed by atoms with Crippen LogP contribution < -0.4 is 10.6 Å². The van der Waals surface area contributed by atoms with Gasteiger partial charge in [-0.1, -0.05) is 12.1 Å². The lowest BCUT2D eigenvalue weighted by Gasteiger charge is -2.12. The van der Waals surface area contributed by atoms with Crippen LogP contribution in [0.5, 0.6) is 0 Å². The molecule has 2 rings (SSSR count). The van der Waals surface area contributed by atoms with Crippen LogP contribution in [0, 0.1) is 0 Å². The van der Waals surface area contributed by atoms with Gasteiger partial charge in [0.1, 0.15) is 6.54 Å². The maximum atomic E-state index is 11.9. The lowest BCUT2D eigenvalue weighted by Crippen LogP contribution is -2.38. The Bertz CT molecular complexity index is 649. The summed E-state index contributed by atoms with van der Waals surface area (Å²) in [5, 5.41) is 4.86. The number of carbonyl (C=O) groups is 4. The summed E-state index contributed by atoms with van der Waals surface area (Å²) in [4.78, 5) is 47.3. The van der Waals surface area contributed by atoms with Crippen LogP contribution in [0.25, 0.3) is 0 Å². The quantitative estimate of drug-likeness (QED) is 0.710. The first-order valence-electron chi connectivity index (χ1n) is 6.75. The van der Waals surface area contributed by atoms with Gasteiger partial charge in [-0.3, -0.25) is 19.3 Å². The van der Waals surface area contributed by atoms with Gasteiger partial charge in [0.15, 0.2) is 6.61 Å². The molecule has 1 aliphatic heterocycles. The van der Waals surface area contributed by atoms with Crippen molar-refractivity contribution in [3.05, 3.63) is 34.3 Å². The maximum Gasteiger partial charge on any atom is 0.325 e. The standard InChI is InChI=1S/C14H14BrN3O5/c15-10-4-2-1-3-9(10)13(21)17-7-12(20)23-8-11(19)18-6-5-16-14(18)22/h1-4H,5-8H2,(H,16,22)(H,17,21). The summed E-state index contributed by atoms with van der Waals surface area (Å²) in [5.41, 5.74) is 0.380. The van der Waals surface area contributed by atoms with Gasteiger partial charge in [-0.05, 0) is 28.1 Å². The van der Waals surface area contributed by atoms with Crippen LogP contribution in [0.15, 0.2) is 28.7 Å². The van der Waals surface area contributed by atoms with Crippen molar-refractivity contribution < 1.29 is 23.9 Å². The van der Waals surface area contributed by atoms with E-state index in [1.807, 2.05) is 0 Å². The third-order valence-electron chi connectivity index (χ3n) is 3.03. The van der Waals surface area contributed by atoms with Crippen molar-refractivity contribution in [2.75, 3.05) is 26.2 Å². The van der Waals surface area contributed by atoms with Gasteiger partial charge < -0.3 is 15.4 Å². The van der Waals surface area contributed by atoms with Crippen molar-refractivity contribution >= 4 is 39.7 Å². The minimum atomic E-state index is -0.765. The molecular formula is C14H14BrN3O5. The predicted molar refractivity (Wildman–Crippen MR) is 82.5 cm³/mol. The van der Waals surface area contributed by atoms with E-state index in [4.69, 9.17) is 4.74 Å². The second-order valence-electron chi connectivity index (χ2n) is 4.60. The number of urea groups is 1. The van der Waals surface area contributed by atoms with Crippen LogP contribution in [0.1, 0.15) is 10.4 Å². The summed E-state index contributed by atoms with van der Waals surface area (Å²) in [6.45, 7) is -0.300. The Balaban J connectivity index is 1.75. The monoisotopic (exact) mass is 383 g/mol. The fourth-order valence-corrected chi connectivity index (χ4v) is 2.34. The molecule has 0 aromatic heterocycles. The summed E-state index contributed by atoms with van der Waals surface area (Å²) in [6, 6.07) is 6.24. The highest BCUT2D eigenvalue weighted by Gasteiger charge is 2.26. The fraction of sp³-hybridized carbons (Fsp3) is 0.286. The average molecular weight is 384 g/mol. The second kappa shape index (κ2) is 7.73. The van der Waals surface area contributed by atoms with Gasteiger partial charge in [-0.15, -0.1) is 0 Å². The highest BCUT2D eigenvalue weighted by Crippen LogP contribution is 2.15. The minimum Gasteiger partial charge on any atom is -0.454 e. The third kappa shape index (κ3) is 4.52. The van der Waals surface area contributed by atoms with E-state index in [0.717, 1.165) is 4.90 Å². The van der Waals surface area contributed by atoms with Gasteiger partial charge >= 0.3 is 12.0 Å². The minimum absolute atomic E-state index is 0.244. The van der Waals surface area contributed by atoms with Crippen LogP contribution in [-0.4, -0.2) is 55.0 Å². The summed E-state index contributed by atoms with van der Waals surface area (Å²) >= 11 is 3.23. The molecule has 0 aliphatic carbocycles. The van der Waals surface area contributed by atoms with Gasteiger partial charge in [0.05, 0.1) is 5.56 Å². The summed E-state index contributed by atoms with van der Waals surface area (Å²) in [7, 11) is 0. The van der Waals surface area contributed by atoms with Gasteiger partial charge in [0.2, 0.25) is 0 Å². The second-order valence-corrected chi connectivity index (χ2v) is 5.45. The lowest BCUT2D eigenvalue weighted by atomic mass is 10.2. The molecule has 0 radical (unpaired) electrons. The van der Waals surface area contributed by atoms with Gasteiger partial charge in [-0.25, -0.2) is 4.79 Å². The number of benzene rings is 1. The smallest absolute Gasteiger partial charge is 0.325 e. The summed E-state index contributed by atoms with van der Waals surface area (Å²) in [5.74, 6) is -1.82. The molecule has 1 aromatic rings. The molecule has 0 spiro atoms. The van der Waals surface area contributed by atoms with Crippen LogP contribution in [0.4, 0.5) is 4.79 Å². The molecule has 0 unspecified atom stereocenters. The highest BCUT2D eigenvalue weighted by molar-refractivity contribution is 9.10. The van der Waals surface area contributed by atoms with Crippen molar-refractivity contribution in [2.24, 2.45) is 0 Å². The zero-order valence-corrected chi connectivity index (χ0v) is 13.6. The number of hydrogen-bond donors (Lipinski definition) is 2. The molecule has 1 saturated heterocycles. The normalized spacial score (nSPS) is 13.4. The molecule has 0 atom stereocenters. The number of esters is 1. The molecule has 1 aromatic carbocycles. The number of nitrogens with one attached hydrogen (secondary N) is 2. The Morgan fingerprint density at radius 3 is 2.70 bits per heavy atom. The maximum absolute atomic E-state index is 11.9. The Kier molecular flexibility index (Phi) is 5.69. The zero-order valence-electron chi connectivity index (χ0n) is 12.0. The number of carbonyl (C=O) groups excluding carboxylic acids is 4. The lowest BCUT2D eigenvalue weighted by molar-refractivity contribution is -0.149. The highest BCUT2D eigenvalue weighted by atomic mass is 79.9. The topological polar surface area (TPSA) is 105 Å². The Morgan fingerprint density at radius 2 is 2.04 bits per heavy atom. The first kappa shape index (κ1) is 16.9. The van der Waals surface area contributed by atoms with E-state index in [2.05, 4.69) is 26.6 Å². The van der Waals surface area contributed by atoms with E-state index in [-0.39, 0.29) is 13.1 Å². The molecule has 23 heavy (non-hydrogen) atoms. The van der Waals surface area contributed by atoms with E-state index >= 15 is 0 Å². The molecular weight excluding hydrogens is 370 g/mol. The molecule has 0 bridgehead atoms. The molecule has 2 N–H and O–H groups in total. The van der Waals surface area contributed by atoms with Crippen LogP contribution in [0.2, 0.25) is 0 Å². The summed E-state index contributed by atoms with van der Waals surface area (Å²) < 4.78 is 5.34. The van der Waals surface area contributed by atoms with E-state index in [1.54, 1.807) is 24.3 Å². The number of amides is 4. The predicted octanol–water partition coefficient (Wildman–Crippen LogP) is 0.274. The zero-order chi connectivity index (χ0) is 16.8. The number of ether oxygens (including phenoxy) is 1. The van der Waals surface area contributed by atoms with Crippen LogP contribution in [0.3, 0.4) is 0 Å². The van der Waals surface area contributed by atoms with Crippen molar-refractivity contribution in [1.82, 2.24) is 15.5 Å². The molecule has 9 heteroatoms. The molecule has 1 aliphatic rings. The number of hydrogen-bond acceptors (Lipinski definition) is 5. The van der Waals surface area contributed by atoms with E-state index in [1.165, 1.54) is 0 Å². The Hall–Kier alpha value is -2.42. The Morgan fingerprint density at radius 1 is 1.30 bits per heavy atom. The van der Waals surface area contributed by atoms with E-state index in [0.29, 0.717) is 16.6 Å². The van der Waals surface area contributed by atoms with E-state index < -0.39 is 30.4 Å². The number of nitrogens with zero attached hydrogens (tertiary/aromatic N) is 1. The third-order valence-corrected chi connectivity index (χ3v) is 3.72. The van der Waals surface area contributed by atoms with Crippen LogP contribution in [-0.2, 0) is 14.3 Å². The molecule has 4 amide bonds. The first-order valence-corrected chi connectivity index (χ1v) is 7.55. The van der Waals surface area contributed by atoms with E-state index in [9.17, 15) is 19.2 Å². The molecule has 122 valence electrons. The van der Waals surface area contributed by atoms with Crippen molar-refractivity contribution in [1.29, 1.82) is 0 Å². The molecule has 1 fully saturated rings. The van der Waals surface area contributed by atoms with Crippen molar-refractivity contribution in [2.45, 2.75) is 0 Å². The molecule has 8 nitrogen and oxygen atoms in total.